The molecule has 0 aliphatic rings. The van der Waals surface area contributed by atoms with Crippen LogP contribution in [0, 0.1) is 0 Å². The van der Waals surface area contributed by atoms with Crippen LogP contribution in [0.5, 0.6) is 11.5 Å². The summed E-state index contributed by atoms with van der Waals surface area (Å²) >= 11 is 1.32. The molecule has 9 nitrogen and oxygen atoms in total. The van der Waals surface area contributed by atoms with E-state index in [0.29, 0.717) is 33.1 Å². The Morgan fingerprint density at radius 2 is 1.62 bits per heavy atom. The Labute approximate surface area is 215 Å². The predicted molar refractivity (Wildman–Crippen MR) is 142 cm³/mol. The van der Waals surface area contributed by atoms with Gasteiger partial charge in [-0.25, -0.2) is 4.98 Å². The highest BCUT2D eigenvalue weighted by Gasteiger charge is 2.19. The Bertz CT molecular complexity index is 1690. The molecule has 37 heavy (non-hydrogen) atoms. The summed E-state index contributed by atoms with van der Waals surface area (Å²) in [6, 6.07) is 19.1. The number of hydrogen-bond donors (Lipinski definition) is 1. The number of methoxy groups -OCH3 is 2. The Kier molecular flexibility index (Phi) is 6.65. The number of benzene rings is 3. The lowest BCUT2D eigenvalue weighted by Gasteiger charge is -2.11. The standard InChI is InChI=1S/C27H22N4O5S/c1-35-17-9-7-16(8-10-17)31-26(34)20-6-4-3-5-19(20)25(30-31)22(32)13-14-24(33)29-27-28-21-12-11-18(36-2)15-23(21)37-27/h3-12,15H,13-14H2,1-2H3,(H,28,29,33). The van der Waals surface area contributed by atoms with Crippen molar-refractivity contribution in [2.24, 2.45) is 0 Å². The molecule has 0 aliphatic carbocycles. The van der Waals surface area contributed by atoms with Crippen molar-refractivity contribution < 1.29 is 19.1 Å². The molecular formula is C27H22N4O5S. The lowest BCUT2D eigenvalue weighted by molar-refractivity contribution is -0.116. The minimum Gasteiger partial charge on any atom is -0.497 e. The van der Waals surface area contributed by atoms with Crippen LogP contribution >= 0.6 is 11.3 Å². The van der Waals surface area contributed by atoms with Gasteiger partial charge in [0.25, 0.3) is 5.56 Å². The fraction of sp³-hybridized carbons (Fsp3) is 0.148. The number of ketones is 1. The van der Waals surface area contributed by atoms with Crippen molar-refractivity contribution in [3.63, 3.8) is 0 Å². The third kappa shape index (κ3) is 4.91. The Morgan fingerprint density at radius 1 is 0.919 bits per heavy atom. The summed E-state index contributed by atoms with van der Waals surface area (Å²) in [5.74, 6) is 0.650. The van der Waals surface area contributed by atoms with Crippen LogP contribution < -0.4 is 20.3 Å². The Balaban J connectivity index is 1.37. The maximum atomic E-state index is 13.2. The number of Topliss-reactive ketones (excluding diaryl/α,β-unsaturated/α-hetero) is 1. The molecule has 186 valence electrons. The van der Waals surface area contributed by atoms with E-state index >= 15 is 0 Å². The van der Waals surface area contributed by atoms with Gasteiger partial charge < -0.3 is 14.8 Å². The van der Waals surface area contributed by atoms with Crippen LogP contribution in [0.1, 0.15) is 23.3 Å². The zero-order valence-electron chi connectivity index (χ0n) is 20.1. The number of nitrogens with zero attached hydrogens (tertiary/aromatic N) is 3. The topological polar surface area (TPSA) is 112 Å². The monoisotopic (exact) mass is 514 g/mol. The lowest BCUT2D eigenvalue weighted by Crippen LogP contribution is -2.25. The zero-order valence-corrected chi connectivity index (χ0v) is 20.9. The number of nitrogens with one attached hydrogen (secondary N) is 1. The van der Waals surface area contributed by atoms with E-state index in [2.05, 4.69) is 15.4 Å². The quantitative estimate of drug-likeness (QED) is 0.301. The summed E-state index contributed by atoms with van der Waals surface area (Å²) in [4.78, 5) is 43.4. The first-order chi connectivity index (χ1) is 18.0. The molecule has 5 rings (SSSR count). The molecule has 10 heteroatoms. The first kappa shape index (κ1) is 24.1. The van der Waals surface area contributed by atoms with Gasteiger partial charge in [0.2, 0.25) is 5.91 Å². The molecule has 2 heterocycles. The molecule has 5 aromatic rings. The van der Waals surface area contributed by atoms with Gasteiger partial charge in [-0.3, -0.25) is 14.4 Å². The van der Waals surface area contributed by atoms with Crippen molar-refractivity contribution in [2.45, 2.75) is 12.8 Å². The number of rotatable bonds is 8. The molecular weight excluding hydrogens is 492 g/mol. The summed E-state index contributed by atoms with van der Waals surface area (Å²) < 4.78 is 12.5. The van der Waals surface area contributed by atoms with E-state index in [1.165, 1.54) is 16.0 Å². The van der Waals surface area contributed by atoms with Crippen molar-refractivity contribution >= 4 is 49.1 Å². The first-order valence-corrected chi connectivity index (χ1v) is 12.2. The fourth-order valence-corrected chi connectivity index (χ4v) is 4.82. The van der Waals surface area contributed by atoms with E-state index in [1.807, 2.05) is 12.1 Å². The lowest BCUT2D eigenvalue weighted by atomic mass is 10.1. The molecule has 0 atom stereocenters. The van der Waals surface area contributed by atoms with Gasteiger partial charge in [0.15, 0.2) is 10.9 Å². The van der Waals surface area contributed by atoms with Crippen LogP contribution in [0.3, 0.4) is 0 Å². The maximum absolute atomic E-state index is 13.2. The third-order valence-electron chi connectivity index (χ3n) is 5.81. The van der Waals surface area contributed by atoms with E-state index < -0.39 is 0 Å². The molecule has 0 fully saturated rings. The number of aromatic nitrogens is 3. The van der Waals surface area contributed by atoms with Gasteiger partial charge in [-0.15, -0.1) is 0 Å². The van der Waals surface area contributed by atoms with Crippen molar-refractivity contribution in [3.05, 3.63) is 82.8 Å². The van der Waals surface area contributed by atoms with Crippen molar-refractivity contribution in [1.82, 2.24) is 14.8 Å². The van der Waals surface area contributed by atoms with Crippen molar-refractivity contribution in [1.29, 1.82) is 0 Å². The van der Waals surface area contributed by atoms with Crippen LogP contribution in [-0.4, -0.2) is 40.7 Å². The molecule has 2 aromatic heterocycles. The highest BCUT2D eigenvalue weighted by atomic mass is 32.1. The summed E-state index contributed by atoms with van der Waals surface area (Å²) in [5, 5.41) is 8.41. The third-order valence-corrected chi connectivity index (χ3v) is 6.74. The van der Waals surface area contributed by atoms with Gasteiger partial charge in [0.05, 0.1) is 35.5 Å². The molecule has 0 saturated heterocycles. The summed E-state index contributed by atoms with van der Waals surface area (Å²) in [6.07, 6.45) is -0.141. The van der Waals surface area contributed by atoms with Gasteiger partial charge in [-0.2, -0.15) is 9.78 Å². The number of amides is 1. The molecule has 0 aliphatic heterocycles. The van der Waals surface area contributed by atoms with E-state index in [-0.39, 0.29) is 35.8 Å². The van der Waals surface area contributed by atoms with E-state index in [1.54, 1.807) is 68.8 Å². The average molecular weight is 515 g/mol. The molecule has 0 bridgehead atoms. The highest BCUT2D eigenvalue weighted by Crippen LogP contribution is 2.29. The average Bonchev–Trinajstić information content (AvgIpc) is 3.33. The number of thiazole rings is 1. The number of carbonyl (C=O) groups is 2. The normalized spacial score (nSPS) is 11.0. The van der Waals surface area contributed by atoms with Gasteiger partial charge in [-0.05, 0) is 48.5 Å². The molecule has 0 unspecified atom stereocenters. The van der Waals surface area contributed by atoms with Crippen LogP contribution in [0.25, 0.3) is 26.7 Å². The van der Waals surface area contributed by atoms with E-state index in [9.17, 15) is 14.4 Å². The number of ether oxygens (including phenoxy) is 2. The van der Waals surface area contributed by atoms with Gasteiger partial charge in [0, 0.05) is 18.2 Å². The van der Waals surface area contributed by atoms with Crippen LogP contribution in [0.4, 0.5) is 5.13 Å². The second-order valence-corrected chi connectivity index (χ2v) is 9.16. The molecule has 0 radical (unpaired) electrons. The van der Waals surface area contributed by atoms with E-state index in [4.69, 9.17) is 9.47 Å². The Morgan fingerprint density at radius 3 is 2.35 bits per heavy atom. The number of anilines is 1. The smallest absolute Gasteiger partial charge is 0.279 e. The number of hydrogen-bond acceptors (Lipinski definition) is 8. The predicted octanol–water partition coefficient (Wildman–Crippen LogP) is 4.61. The van der Waals surface area contributed by atoms with Gasteiger partial charge in [0.1, 0.15) is 17.2 Å². The molecule has 0 spiro atoms. The van der Waals surface area contributed by atoms with Crippen molar-refractivity contribution in [2.75, 3.05) is 19.5 Å². The first-order valence-electron chi connectivity index (χ1n) is 11.4. The van der Waals surface area contributed by atoms with Crippen LogP contribution in [-0.2, 0) is 4.79 Å². The largest absolute Gasteiger partial charge is 0.497 e. The maximum Gasteiger partial charge on any atom is 0.279 e. The minimum atomic E-state index is -0.345. The molecule has 0 saturated carbocycles. The second kappa shape index (κ2) is 10.2. The summed E-state index contributed by atoms with van der Waals surface area (Å²) in [7, 11) is 3.14. The zero-order chi connectivity index (χ0) is 25.9. The van der Waals surface area contributed by atoms with E-state index in [0.717, 1.165) is 10.2 Å². The number of fused-ring (bicyclic) bond motifs is 2. The van der Waals surface area contributed by atoms with Gasteiger partial charge >= 0.3 is 0 Å². The highest BCUT2D eigenvalue weighted by molar-refractivity contribution is 7.22. The van der Waals surface area contributed by atoms with Crippen LogP contribution in [0.2, 0.25) is 0 Å². The SMILES string of the molecule is COc1ccc(-n2nc(C(=O)CCC(=O)Nc3nc4ccc(OC)cc4s3)c3ccccc3c2=O)cc1. The molecule has 3 aromatic carbocycles. The second-order valence-electron chi connectivity index (χ2n) is 8.13. The molecule has 1 amide bonds. The molecule has 1 N–H and O–H groups in total. The van der Waals surface area contributed by atoms with Crippen molar-refractivity contribution in [3.8, 4) is 17.2 Å². The Hall–Kier alpha value is -4.57. The summed E-state index contributed by atoms with van der Waals surface area (Å²) in [6.45, 7) is 0. The summed E-state index contributed by atoms with van der Waals surface area (Å²) in [5.41, 5.74) is 1.03. The minimum absolute atomic E-state index is 0.0598. The fourth-order valence-electron chi connectivity index (χ4n) is 3.91. The number of carbonyl (C=O) groups excluding carboxylic acids is 2. The van der Waals surface area contributed by atoms with Crippen LogP contribution in [0.15, 0.2) is 71.5 Å². The van der Waals surface area contributed by atoms with Gasteiger partial charge in [-0.1, -0.05) is 29.5 Å².